The zero-order chi connectivity index (χ0) is 20.5. The van der Waals surface area contributed by atoms with Crippen LogP contribution in [0.5, 0.6) is 0 Å². The Bertz CT molecular complexity index is 1370. The Hall–Kier alpha value is -3.09. The zero-order valence-corrected chi connectivity index (χ0v) is 19.6. The molecule has 0 aliphatic heterocycles. The molecule has 31 heavy (non-hydrogen) atoms. The number of pyridine rings is 2. The van der Waals surface area contributed by atoms with Gasteiger partial charge in [0.05, 0.1) is 11.2 Å². The number of benzene rings is 3. The first-order chi connectivity index (χ1) is 14.7. The normalized spacial score (nSPS) is 10.6. The second-order valence-electron chi connectivity index (χ2n) is 7.54. The summed E-state index contributed by atoms with van der Waals surface area (Å²) in [5.74, 6) is 0. The molecule has 2 aromatic heterocycles. The molecule has 0 unspecified atom stereocenters. The number of aromatic nitrogens is 2. The average Bonchev–Trinajstić information content (AvgIpc) is 2.78. The van der Waals surface area contributed by atoms with Crippen molar-refractivity contribution in [2.75, 3.05) is 0 Å². The summed E-state index contributed by atoms with van der Waals surface area (Å²) in [7, 11) is 0. The predicted octanol–water partition coefficient (Wildman–Crippen LogP) is 6.85. The molecular formula is C28H20N2Pt. The summed E-state index contributed by atoms with van der Waals surface area (Å²) in [6, 6.07) is 35.4. The van der Waals surface area contributed by atoms with Gasteiger partial charge in [-0.05, 0) is 22.8 Å². The molecule has 0 radical (unpaired) electrons. The molecule has 0 atom stereocenters. The van der Waals surface area contributed by atoms with E-state index in [-0.39, 0.29) is 21.1 Å². The Kier molecular flexibility index (Phi) is 6.11. The summed E-state index contributed by atoms with van der Waals surface area (Å²) in [6.45, 7) is 4.17. The van der Waals surface area contributed by atoms with Crippen LogP contribution < -0.4 is 0 Å². The van der Waals surface area contributed by atoms with Gasteiger partial charge in [-0.3, -0.25) is 9.97 Å². The Morgan fingerprint density at radius 1 is 0.613 bits per heavy atom. The first kappa shape index (κ1) is 21.2. The molecule has 2 heterocycles. The fraction of sp³-hybridized carbons (Fsp3) is 0.0714. The van der Waals surface area contributed by atoms with Gasteiger partial charge >= 0.3 is 21.1 Å². The molecule has 3 heteroatoms. The molecule has 0 fully saturated rings. The molecule has 0 aliphatic carbocycles. The molecule has 0 saturated heterocycles. The Labute approximate surface area is 197 Å². The fourth-order valence-corrected chi connectivity index (χ4v) is 3.69. The van der Waals surface area contributed by atoms with E-state index in [0.717, 1.165) is 44.7 Å². The summed E-state index contributed by atoms with van der Waals surface area (Å²) in [6.07, 6.45) is 0. The number of aryl methyl sites for hydroxylation is 2. The third kappa shape index (κ3) is 4.36. The van der Waals surface area contributed by atoms with Gasteiger partial charge in [-0.25, -0.2) is 0 Å². The van der Waals surface area contributed by atoms with Crippen molar-refractivity contribution >= 4 is 10.9 Å². The number of fused-ring (bicyclic) bond motifs is 1. The maximum atomic E-state index is 5.00. The molecule has 0 bridgehead atoms. The quantitative estimate of drug-likeness (QED) is 0.219. The van der Waals surface area contributed by atoms with E-state index in [1.807, 2.05) is 42.5 Å². The molecule has 3 aromatic carbocycles. The van der Waals surface area contributed by atoms with Crippen molar-refractivity contribution in [1.29, 1.82) is 0 Å². The molecule has 0 spiro atoms. The fourth-order valence-electron chi connectivity index (χ4n) is 3.69. The number of nitrogens with zero attached hydrogens (tertiary/aromatic N) is 2. The van der Waals surface area contributed by atoms with Gasteiger partial charge < -0.3 is 0 Å². The Morgan fingerprint density at radius 3 is 1.90 bits per heavy atom. The maximum absolute atomic E-state index is 5.00. The molecule has 0 N–H and O–H groups in total. The molecule has 5 rings (SSSR count). The van der Waals surface area contributed by atoms with Crippen molar-refractivity contribution in [3.05, 3.63) is 108 Å². The summed E-state index contributed by atoms with van der Waals surface area (Å²) >= 11 is 0. The number of para-hydroxylation sites is 1. The van der Waals surface area contributed by atoms with Crippen molar-refractivity contribution in [2.45, 2.75) is 13.8 Å². The standard InChI is InChI=1S/C28H20N2.Pt/c1-19-7-3-10-22(17-19)25-13-6-14-27(29-25)24-12-5-9-21-15-16-26(30-28(21)24)23-11-4-8-20(2)18-23;/h3-9,12-18H,1-2H3;/q-2;+2. The van der Waals surface area contributed by atoms with Crippen molar-refractivity contribution in [2.24, 2.45) is 0 Å². The SMILES string of the molecule is Cc1cc[c-]c(-c2cccc(-c3cccc4ccc(-c5[c-]ccc(C)c5)nc34)n2)c1.[Pt+2]. The van der Waals surface area contributed by atoms with Crippen LogP contribution in [-0.2, 0) is 21.1 Å². The molecule has 0 saturated carbocycles. The minimum Gasteiger partial charge on any atom is -0.296 e. The second kappa shape index (κ2) is 8.96. The number of hydrogen-bond acceptors (Lipinski definition) is 2. The summed E-state index contributed by atoms with van der Waals surface area (Å²) in [5.41, 5.74) is 9.11. The summed E-state index contributed by atoms with van der Waals surface area (Å²) in [4.78, 5) is 9.94. The maximum Gasteiger partial charge on any atom is 2.00 e. The van der Waals surface area contributed by atoms with Gasteiger partial charge in [0.15, 0.2) is 0 Å². The average molecular weight is 580 g/mol. The molecule has 152 valence electrons. The Balaban J connectivity index is 0.00000231. The first-order valence-electron chi connectivity index (χ1n) is 10.0. The van der Waals surface area contributed by atoms with Gasteiger partial charge in [0.2, 0.25) is 0 Å². The van der Waals surface area contributed by atoms with E-state index in [2.05, 4.69) is 68.4 Å². The van der Waals surface area contributed by atoms with Crippen molar-refractivity contribution in [3.63, 3.8) is 0 Å². The second-order valence-corrected chi connectivity index (χ2v) is 7.54. The van der Waals surface area contributed by atoms with E-state index >= 15 is 0 Å². The summed E-state index contributed by atoms with van der Waals surface area (Å²) in [5, 5.41) is 1.10. The predicted molar refractivity (Wildman–Crippen MR) is 123 cm³/mol. The van der Waals surface area contributed by atoms with Gasteiger partial charge in [-0.1, -0.05) is 56.3 Å². The molecule has 2 nitrogen and oxygen atoms in total. The van der Waals surface area contributed by atoms with Crippen LogP contribution in [0, 0.1) is 26.0 Å². The van der Waals surface area contributed by atoms with E-state index in [1.54, 1.807) is 0 Å². The summed E-state index contributed by atoms with van der Waals surface area (Å²) < 4.78 is 0. The van der Waals surface area contributed by atoms with Gasteiger partial charge in [0.25, 0.3) is 0 Å². The minimum atomic E-state index is 0. The number of rotatable bonds is 3. The van der Waals surface area contributed by atoms with Crippen LogP contribution in [0.1, 0.15) is 11.1 Å². The minimum absolute atomic E-state index is 0. The third-order valence-electron chi connectivity index (χ3n) is 5.21. The largest absolute Gasteiger partial charge is 2.00 e. The smallest absolute Gasteiger partial charge is 0.296 e. The van der Waals surface area contributed by atoms with E-state index in [4.69, 9.17) is 9.97 Å². The van der Waals surface area contributed by atoms with Crippen molar-refractivity contribution in [3.8, 4) is 33.8 Å². The Morgan fingerprint density at radius 2 is 1.23 bits per heavy atom. The van der Waals surface area contributed by atoms with Gasteiger partial charge in [0, 0.05) is 5.56 Å². The van der Waals surface area contributed by atoms with Gasteiger partial charge in [0.1, 0.15) is 0 Å². The zero-order valence-electron chi connectivity index (χ0n) is 17.3. The molecule has 0 amide bonds. The first-order valence-corrected chi connectivity index (χ1v) is 10.0. The van der Waals surface area contributed by atoms with E-state index in [1.165, 1.54) is 11.1 Å². The van der Waals surface area contributed by atoms with Crippen LogP contribution in [0.15, 0.2) is 84.9 Å². The van der Waals surface area contributed by atoms with E-state index < -0.39 is 0 Å². The van der Waals surface area contributed by atoms with Crippen molar-refractivity contribution in [1.82, 2.24) is 9.97 Å². The van der Waals surface area contributed by atoms with Crippen LogP contribution in [0.25, 0.3) is 44.7 Å². The molecule has 5 aromatic rings. The molecule has 0 aliphatic rings. The number of hydrogen-bond donors (Lipinski definition) is 0. The van der Waals surface area contributed by atoms with Crippen LogP contribution >= 0.6 is 0 Å². The van der Waals surface area contributed by atoms with Crippen LogP contribution in [0.4, 0.5) is 0 Å². The van der Waals surface area contributed by atoms with Crippen LogP contribution in [0.2, 0.25) is 0 Å². The monoisotopic (exact) mass is 579 g/mol. The third-order valence-corrected chi connectivity index (χ3v) is 5.21. The van der Waals surface area contributed by atoms with E-state index in [0.29, 0.717) is 0 Å². The van der Waals surface area contributed by atoms with Gasteiger partial charge in [-0.15, -0.1) is 70.8 Å². The van der Waals surface area contributed by atoms with Gasteiger partial charge in [-0.2, -0.15) is 0 Å². The van der Waals surface area contributed by atoms with E-state index in [9.17, 15) is 0 Å². The van der Waals surface area contributed by atoms with Crippen LogP contribution in [-0.4, -0.2) is 9.97 Å². The molecular weight excluding hydrogens is 559 g/mol. The topological polar surface area (TPSA) is 25.8 Å². The van der Waals surface area contributed by atoms with Crippen molar-refractivity contribution < 1.29 is 21.1 Å². The van der Waals surface area contributed by atoms with Crippen LogP contribution in [0.3, 0.4) is 0 Å².